The number of benzene rings is 2. The second-order valence-electron chi connectivity index (χ2n) is 7.47. The fourth-order valence-electron chi connectivity index (χ4n) is 3.38. The molecule has 1 aromatic heterocycles. The predicted molar refractivity (Wildman–Crippen MR) is 129 cm³/mol. The molecule has 0 amide bonds. The van der Waals surface area contributed by atoms with Gasteiger partial charge in [-0.05, 0) is 64.3 Å². The van der Waals surface area contributed by atoms with E-state index in [0.717, 1.165) is 27.0 Å². The van der Waals surface area contributed by atoms with Gasteiger partial charge in [-0.25, -0.2) is 5.43 Å². The number of hydrazone groups is 1. The second-order valence-corrected chi connectivity index (χ2v) is 8.33. The zero-order valence-electron chi connectivity index (χ0n) is 17.9. The number of morpholine rings is 1. The Bertz CT molecular complexity index is 1180. The average molecular weight is 512 g/mol. The van der Waals surface area contributed by atoms with Gasteiger partial charge in [0, 0.05) is 17.6 Å². The lowest BCUT2D eigenvalue weighted by Gasteiger charge is -2.27. The Balaban J connectivity index is 1.38. The van der Waals surface area contributed by atoms with E-state index in [9.17, 15) is 0 Å². The number of rotatable bonds is 6. The second kappa shape index (κ2) is 9.59. The van der Waals surface area contributed by atoms with E-state index in [2.05, 4.69) is 51.6 Å². The van der Waals surface area contributed by atoms with Crippen LogP contribution in [0.4, 0.5) is 23.5 Å². The summed E-state index contributed by atoms with van der Waals surface area (Å²) in [5.74, 6) is 2.72. The molecule has 2 aromatic carbocycles. The van der Waals surface area contributed by atoms with Gasteiger partial charge in [0.25, 0.3) is 0 Å². The molecule has 2 aliphatic heterocycles. The van der Waals surface area contributed by atoms with Crippen LogP contribution < -0.4 is 25.1 Å². The summed E-state index contributed by atoms with van der Waals surface area (Å²) in [5.41, 5.74) is 5.78. The van der Waals surface area contributed by atoms with E-state index < -0.39 is 0 Å². The Kier molecular flexibility index (Phi) is 6.22. The van der Waals surface area contributed by atoms with E-state index in [0.29, 0.717) is 49.9 Å². The molecular formula is C22H22BrN7O3. The molecule has 1 fully saturated rings. The van der Waals surface area contributed by atoms with Gasteiger partial charge in [-0.2, -0.15) is 20.1 Å². The zero-order valence-corrected chi connectivity index (χ0v) is 19.5. The van der Waals surface area contributed by atoms with Gasteiger partial charge in [-0.3, -0.25) is 0 Å². The van der Waals surface area contributed by atoms with Crippen molar-refractivity contribution < 1.29 is 14.2 Å². The lowest BCUT2D eigenvalue weighted by Crippen LogP contribution is -2.37. The molecule has 0 saturated carbocycles. The molecule has 2 aliphatic rings. The average Bonchev–Trinajstić information content (AvgIpc) is 3.29. The van der Waals surface area contributed by atoms with Gasteiger partial charge < -0.3 is 24.4 Å². The molecule has 0 bridgehead atoms. The number of hydrogen-bond acceptors (Lipinski definition) is 10. The lowest BCUT2D eigenvalue weighted by atomic mass is 10.2. The zero-order chi connectivity index (χ0) is 22.6. The Morgan fingerprint density at radius 3 is 2.67 bits per heavy atom. The molecule has 0 atom stereocenters. The Morgan fingerprint density at radius 2 is 1.82 bits per heavy atom. The highest BCUT2D eigenvalue weighted by atomic mass is 79.9. The highest BCUT2D eigenvalue weighted by Crippen LogP contribution is 2.32. The first kappa shape index (κ1) is 21.4. The summed E-state index contributed by atoms with van der Waals surface area (Å²) in [7, 11) is 0. The smallest absolute Gasteiger partial charge is 0.250 e. The number of nitrogens with zero attached hydrogens (tertiary/aromatic N) is 5. The van der Waals surface area contributed by atoms with Gasteiger partial charge in [0.05, 0.1) is 25.1 Å². The van der Waals surface area contributed by atoms with Crippen molar-refractivity contribution in [3.63, 3.8) is 0 Å². The predicted octanol–water partition coefficient (Wildman–Crippen LogP) is 3.70. The van der Waals surface area contributed by atoms with Gasteiger partial charge in [0.2, 0.25) is 24.6 Å². The van der Waals surface area contributed by atoms with Crippen LogP contribution >= 0.6 is 15.9 Å². The summed E-state index contributed by atoms with van der Waals surface area (Å²) in [6, 6.07) is 11.6. The molecule has 33 heavy (non-hydrogen) atoms. The summed E-state index contributed by atoms with van der Waals surface area (Å²) in [6.07, 6.45) is 1.67. The molecule has 5 rings (SSSR count). The SMILES string of the molecule is Cc1ccc(Nc2nc(N/N=C/c3ccc4c(c3)OCO4)nc(N3CCOCC3)n2)c(Br)c1. The summed E-state index contributed by atoms with van der Waals surface area (Å²) >= 11 is 3.59. The maximum absolute atomic E-state index is 5.46. The summed E-state index contributed by atoms with van der Waals surface area (Å²) in [5, 5.41) is 7.56. The van der Waals surface area contributed by atoms with Gasteiger partial charge in [0.15, 0.2) is 11.5 Å². The summed E-state index contributed by atoms with van der Waals surface area (Å²) in [6.45, 7) is 4.94. The molecule has 0 aliphatic carbocycles. The number of hydrogen-bond donors (Lipinski definition) is 2. The molecular weight excluding hydrogens is 490 g/mol. The number of halogens is 1. The van der Waals surface area contributed by atoms with E-state index >= 15 is 0 Å². The molecule has 11 heteroatoms. The Morgan fingerprint density at radius 1 is 1.00 bits per heavy atom. The number of fused-ring (bicyclic) bond motifs is 1. The molecule has 1 saturated heterocycles. The number of anilines is 4. The number of nitrogens with one attached hydrogen (secondary N) is 2. The van der Waals surface area contributed by atoms with Gasteiger partial charge in [-0.15, -0.1) is 0 Å². The van der Waals surface area contributed by atoms with Crippen molar-refractivity contribution in [3.8, 4) is 11.5 Å². The van der Waals surface area contributed by atoms with Crippen LogP contribution in [0, 0.1) is 6.92 Å². The minimum atomic E-state index is 0.232. The molecule has 3 aromatic rings. The van der Waals surface area contributed by atoms with Crippen LogP contribution in [0.25, 0.3) is 0 Å². The molecule has 10 nitrogen and oxygen atoms in total. The fraction of sp³-hybridized carbons (Fsp3) is 0.273. The number of aryl methyl sites for hydroxylation is 1. The highest BCUT2D eigenvalue weighted by molar-refractivity contribution is 9.10. The van der Waals surface area contributed by atoms with Crippen molar-refractivity contribution in [1.29, 1.82) is 0 Å². The number of aromatic nitrogens is 3. The fourth-order valence-corrected chi connectivity index (χ4v) is 3.97. The van der Waals surface area contributed by atoms with Crippen LogP contribution in [0.5, 0.6) is 11.5 Å². The Hall–Kier alpha value is -3.44. The maximum Gasteiger partial charge on any atom is 0.250 e. The molecule has 3 heterocycles. The van der Waals surface area contributed by atoms with Crippen LogP contribution in [0.3, 0.4) is 0 Å². The standard InChI is InChI=1S/C22H22BrN7O3/c1-14-2-4-17(16(23)10-14)25-20-26-21(28-22(27-20)30-6-8-31-9-7-30)29-24-12-15-3-5-18-19(11-15)33-13-32-18/h2-5,10-12H,6-9,13H2,1H3,(H2,25,26,27,28,29)/b24-12+. The van der Waals surface area contributed by atoms with Crippen LogP contribution in [0.15, 0.2) is 46.0 Å². The topological polar surface area (TPSA) is 106 Å². The van der Waals surface area contributed by atoms with Gasteiger partial charge in [0.1, 0.15) is 0 Å². The third-order valence-electron chi connectivity index (χ3n) is 5.06. The van der Waals surface area contributed by atoms with E-state index in [1.54, 1.807) is 6.21 Å². The molecule has 0 unspecified atom stereocenters. The normalized spacial score (nSPS) is 15.2. The third kappa shape index (κ3) is 5.15. The summed E-state index contributed by atoms with van der Waals surface area (Å²) < 4.78 is 17.1. The highest BCUT2D eigenvalue weighted by Gasteiger charge is 2.17. The van der Waals surface area contributed by atoms with Crippen molar-refractivity contribution in [2.75, 3.05) is 48.7 Å². The lowest BCUT2D eigenvalue weighted by molar-refractivity contribution is 0.122. The van der Waals surface area contributed by atoms with Crippen molar-refractivity contribution >= 4 is 45.7 Å². The van der Waals surface area contributed by atoms with Crippen molar-refractivity contribution in [1.82, 2.24) is 15.0 Å². The summed E-state index contributed by atoms with van der Waals surface area (Å²) in [4.78, 5) is 15.7. The molecule has 0 spiro atoms. The number of ether oxygens (including phenoxy) is 3. The largest absolute Gasteiger partial charge is 0.454 e. The van der Waals surface area contributed by atoms with Crippen molar-refractivity contribution in [2.24, 2.45) is 5.10 Å². The molecule has 2 N–H and O–H groups in total. The minimum Gasteiger partial charge on any atom is -0.454 e. The molecule has 0 radical (unpaired) electrons. The van der Waals surface area contributed by atoms with Crippen LogP contribution in [-0.4, -0.2) is 54.3 Å². The third-order valence-corrected chi connectivity index (χ3v) is 5.72. The Labute approximate surface area is 199 Å². The van der Waals surface area contributed by atoms with Gasteiger partial charge >= 0.3 is 0 Å². The van der Waals surface area contributed by atoms with Crippen LogP contribution in [0.1, 0.15) is 11.1 Å². The van der Waals surface area contributed by atoms with E-state index in [1.807, 2.05) is 43.3 Å². The van der Waals surface area contributed by atoms with Crippen LogP contribution in [-0.2, 0) is 4.74 Å². The van der Waals surface area contributed by atoms with E-state index in [-0.39, 0.29) is 6.79 Å². The van der Waals surface area contributed by atoms with Gasteiger partial charge in [-0.1, -0.05) is 6.07 Å². The monoisotopic (exact) mass is 511 g/mol. The minimum absolute atomic E-state index is 0.232. The van der Waals surface area contributed by atoms with Crippen molar-refractivity contribution in [2.45, 2.75) is 6.92 Å². The first-order valence-corrected chi connectivity index (χ1v) is 11.2. The maximum atomic E-state index is 5.46. The van der Waals surface area contributed by atoms with Crippen LogP contribution in [0.2, 0.25) is 0 Å². The first-order valence-electron chi connectivity index (χ1n) is 10.4. The van der Waals surface area contributed by atoms with E-state index in [4.69, 9.17) is 14.2 Å². The molecule has 170 valence electrons. The quantitative estimate of drug-likeness (QED) is 0.378. The van der Waals surface area contributed by atoms with E-state index in [1.165, 1.54) is 0 Å². The van der Waals surface area contributed by atoms with Crippen molar-refractivity contribution in [3.05, 3.63) is 52.0 Å². The first-order chi connectivity index (χ1) is 16.1.